The second kappa shape index (κ2) is 12.2. The van der Waals surface area contributed by atoms with E-state index < -0.39 is 29.2 Å². The Balaban J connectivity index is 1.54. The topological polar surface area (TPSA) is 120 Å². The molecule has 3 atom stereocenters. The number of aliphatic hydroxyl groups is 1. The molecular formula is C34H35ClFN5O4. The molecule has 3 heterocycles. The van der Waals surface area contributed by atoms with E-state index in [9.17, 15) is 20.0 Å². The molecule has 0 bridgehead atoms. The number of carbonyl (C=O) groups excluding carboxylic acids is 2. The molecule has 1 saturated carbocycles. The molecule has 0 radical (unpaired) electrons. The van der Waals surface area contributed by atoms with Crippen molar-refractivity contribution in [1.82, 2.24) is 19.8 Å². The van der Waals surface area contributed by atoms with E-state index in [0.29, 0.717) is 35.4 Å². The third kappa shape index (κ3) is 5.52. The molecule has 1 aromatic heterocycles. The van der Waals surface area contributed by atoms with Gasteiger partial charge in [-0.25, -0.2) is 14.4 Å². The fraction of sp³-hybridized carbons (Fsp3) is 0.441. The van der Waals surface area contributed by atoms with Gasteiger partial charge in [-0.1, -0.05) is 30.7 Å². The van der Waals surface area contributed by atoms with Crippen LogP contribution in [-0.2, 0) is 27.4 Å². The van der Waals surface area contributed by atoms with Crippen LogP contribution in [-0.4, -0.2) is 62.8 Å². The van der Waals surface area contributed by atoms with Gasteiger partial charge in [0.15, 0.2) is 0 Å². The highest BCUT2D eigenvalue weighted by atomic mass is 35.5. The van der Waals surface area contributed by atoms with Gasteiger partial charge in [-0.3, -0.25) is 14.5 Å². The van der Waals surface area contributed by atoms with Crippen LogP contribution < -0.4 is 0 Å². The van der Waals surface area contributed by atoms with Crippen molar-refractivity contribution in [2.75, 3.05) is 20.1 Å². The standard InChI is InChI=1S/C34H35ClFN5O4/c1-3-33(44,22-10-12-40(2)13-11-22)24-14-28-31(29(36)15-24)34(23-4-6-25(35)7-5-23,45-27-9-8-26(42)16-27)41(32(28)43)20-30-38-18-21(17-37)19-39-30/h4-7,14-15,18-19,22,27,44H,3,8-13,16,20H2,1-2H3/t27-,33-,34+/m0/s1. The Hall–Kier alpha value is -3.75. The van der Waals surface area contributed by atoms with E-state index in [1.807, 2.05) is 20.0 Å². The molecule has 11 heteroatoms. The number of nitriles is 1. The third-order valence-electron chi connectivity index (χ3n) is 9.62. The fourth-order valence-electron chi connectivity index (χ4n) is 7.11. The van der Waals surface area contributed by atoms with Gasteiger partial charge in [0.1, 0.15) is 23.5 Å². The number of ether oxygens (including phenoxy) is 1. The summed E-state index contributed by atoms with van der Waals surface area (Å²) in [6.07, 6.45) is 4.84. The van der Waals surface area contributed by atoms with Crippen LogP contribution in [0.1, 0.15) is 83.9 Å². The highest BCUT2D eigenvalue weighted by molar-refractivity contribution is 6.30. The van der Waals surface area contributed by atoms with Gasteiger partial charge in [-0.05, 0) is 81.6 Å². The summed E-state index contributed by atoms with van der Waals surface area (Å²) in [5, 5.41) is 21.8. The maximum Gasteiger partial charge on any atom is 0.257 e. The van der Waals surface area contributed by atoms with Crippen LogP contribution in [0.3, 0.4) is 0 Å². The minimum absolute atomic E-state index is 0.00777. The predicted molar refractivity (Wildman–Crippen MR) is 163 cm³/mol. The highest BCUT2D eigenvalue weighted by Gasteiger charge is 2.56. The monoisotopic (exact) mass is 631 g/mol. The Labute approximate surface area is 266 Å². The van der Waals surface area contributed by atoms with Crippen molar-refractivity contribution in [2.45, 2.75) is 69.4 Å². The SMILES string of the molecule is CC[C@@](O)(c1cc(F)c2c(c1)C(=O)N(Cc1ncc(C#N)cn1)[C@@]2(O[C@H]1CCC(=O)C1)c1ccc(Cl)cc1)C1CCN(C)CC1. The number of fused-ring (bicyclic) bond motifs is 1. The van der Waals surface area contributed by atoms with Crippen molar-refractivity contribution >= 4 is 23.3 Å². The lowest BCUT2D eigenvalue weighted by atomic mass is 9.73. The number of hydrogen-bond donors (Lipinski definition) is 1. The van der Waals surface area contributed by atoms with E-state index in [1.165, 1.54) is 23.4 Å². The summed E-state index contributed by atoms with van der Waals surface area (Å²) in [7, 11) is 2.04. The summed E-state index contributed by atoms with van der Waals surface area (Å²) < 4.78 is 23.7. The smallest absolute Gasteiger partial charge is 0.257 e. The number of rotatable bonds is 8. The van der Waals surface area contributed by atoms with E-state index in [4.69, 9.17) is 16.3 Å². The zero-order valence-corrected chi connectivity index (χ0v) is 26.1. The van der Waals surface area contributed by atoms with E-state index in [2.05, 4.69) is 14.9 Å². The van der Waals surface area contributed by atoms with E-state index in [0.717, 1.165) is 25.9 Å². The number of aromatic nitrogens is 2. The maximum absolute atomic E-state index is 16.9. The molecular weight excluding hydrogens is 597 g/mol. The Morgan fingerprint density at radius 3 is 2.44 bits per heavy atom. The van der Waals surface area contributed by atoms with Crippen LogP contribution in [0.15, 0.2) is 48.8 Å². The summed E-state index contributed by atoms with van der Waals surface area (Å²) in [4.78, 5) is 39.1. The summed E-state index contributed by atoms with van der Waals surface area (Å²) in [5.74, 6) is -1.09. The summed E-state index contributed by atoms with van der Waals surface area (Å²) in [6.45, 7) is 3.32. The molecule has 0 unspecified atom stereocenters. The first-order chi connectivity index (χ1) is 21.6. The van der Waals surface area contributed by atoms with Crippen LogP contribution in [0, 0.1) is 23.1 Å². The molecule has 234 valence electrons. The normalized spacial score (nSPS) is 23.6. The average Bonchev–Trinajstić information content (AvgIpc) is 3.56. The van der Waals surface area contributed by atoms with Gasteiger partial charge in [0, 0.05) is 35.8 Å². The number of likely N-dealkylation sites (tertiary alicyclic amines) is 1. The molecule has 6 rings (SSSR count). The predicted octanol–water partition coefficient (Wildman–Crippen LogP) is 5.08. The number of piperidine rings is 1. The minimum atomic E-state index is -1.79. The zero-order valence-electron chi connectivity index (χ0n) is 25.3. The van der Waals surface area contributed by atoms with Gasteiger partial charge in [0.25, 0.3) is 5.91 Å². The average molecular weight is 632 g/mol. The van der Waals surface area contributed by atoms with E-state index >= 15 is 4.39 Å². The molecule has 2 aliphatic heterocycles. The minimum Gasteiger partial charge on any atom is -0.385 e. The van der Waals surface area contributed by atoms with Crippen LogP contribution in [0.5, 0.6) is 0 Å². The summed E-state index contributed by atoms with van der Waals surface area (Å²) in [5.41, 5.74) is -2.01. The molecule has 3 aromatic rings. The molecule has 1 saturated heterocycles. The number of carbonyl (C=O) groups is 2. The Kier molecular flexibility index (Phi) is 8.48. The molecule has 1 N–H and O–H groups in total. The Morgan fingerprint density at radius 1 is 1.16 bits per heavy atom. The molecule has 0 spiro atoms. The summed E-state index contributed by atoms with van der Waals surface area (Å²) >= 11 is 6.26. The van der Waals surface area contributed by atoms with Crippen molar-refractivity contribution in [3.05, 3.63) is 93.3 Å². The number of halogens is 2. The Bertz CT molecular complexity index is 1650. The van der Waals surface area contributed by atoms with Crippen LogP contribution in [0.25, 0.3) is 0 Å². The second-order valence-electron chi connectivity index (χ2n) is 12.3. The number of amides is 1. The highest BCUT2D eigenvalue weighted by Crippen LogP contribution is 2.51. The molecule has 1 aliphatic carbocycles. The first-order valence-corrected chi connectivity index (χ1v) is 15.7. The van der Waals surface area contributed by atoms with Crippen LogP contribution in [0.2, 0.25) is 5.02 Å². The van der Waals surface area contributed by atoms with Gasteiger partial charge in [0.2, 0.25) is 5.72 Å². The molecule has 1 amide bonds. The van der Waals surface area contributed by atoms with Crippen molar-refractivity contribution in [3.8, 4) is 6.07 Å². The number of ketones is 1. The number of nitrogens with zero attached hydrogens (tertiary/aromatic N) is 5. The second-order valence-corrected chi connectivity index (χ2v) is 12.7. The molecule has 2 fully saturated rings. The molecule has 3 aliphatic rings. The van der Waals surface area contributed by atoms with Gasteiger partial charge < -0.3 is 14.7 Å². The zero-order chi connectivity index (χ0) is 31.9. The fourth-order valence-corrected chi connectivity index (χ4v) is 7.24. The van der Waals surface area contributed by atoms with Gasteiger partial charge in [-0.15, -0.1) is 0 Å². The number of benzene rings is 2. The third-order valence-corrected chi connectivity index (χ3v) is 9.88. The molecule has 45 heavy (non-hydrogen) atoms. The molecule has 2 aromatic carbocycles. The van der Waals surface area contributed by atoms with Crippen molar-refractivity contribution < 1.29 is 23.8 Å². The number of Topliss-reactive ketones (excluding diaryl/α,β-unsaturated/α-hetero) is 1. The Morgan fingerprint density at radius 2 is 1.84 bits per heavy atom. The van der Waals surface area contributed by atoms with Gasteiger partial charge >= 0.3 is 0 Å². The van der Waals surface area contributed by atoms with Crippen molar-refractivity contribution in [2.24, 2.45) is 5.92 Å². The largest absolute Gasteiger partial charge is 0.385 e. The lowest BCUT2D eigenvalue weighted by Gasteiger charge is -2.42. The van der Waals surface area contributed by atoms with Gasteiger partial charge in [-0.2, -0.15) is 5.26 Å². The van der Waals surface area contributed by atoms with Gasteiger partial charge in [0.05, 0.1) is 34.9 Å². The van der Waals surface area contributed by atoms with Crippen molar-refractivity contribution in [3.63, 3.8) is 0 Å². The maximum atomic E-state index is 16.9. The quantitative estimate of drug-likeness (QED) is 0.366. The van der Waals surface area contributed by atoms with Crippen LogP contribution >= 0.6 is 11.6 Å². The van der Waals surface area contributed by atoms with E-state index in [1.54, 1.807) is 30.3 Å². The summed E-state index contributed by atoms with van der Waals surface area (Å²) in [6, 6.07) is 11.6. The molecule has 9 nitrogen and oxygen atoms in total. The van der Waals surface area contributed by atoms with Crippen molar-refractivity contribution in [1.29, 1.82) is 5.26 Å². The first-order valence-electron chi connectivity index (χ1n) is 15.3. The van der Waals surface area contributed by atoms with Crippen LogP contribution in [0.4, 0.5) is 4.39 Å². The first kappa shape index (κ1) is 31.2. The van der Waals surface area contributed by atoms with E-state index in [-0.39, 0.29) is 47.2 Å². The number of hydrogen-bond acceptors (Lipinski definition) is 8. The lowest BCUT2D eigenvalue weighted by molar-refractivity contribution is -0.149. The lowest BCUT2D eigenvalue weighted by Crippen LogP contribution is -2.48.